The minimum absolute atomic E-state index is 0.0396. The van der Waals surface area contributed by atoms with E-state index in [1.807, 2.05) is 42.5 Å². The van der Waals surface area contributed by atoms with Crippen LogP contribution in [0.4, 0.5) is 4.79 Å². The summed E-state index contributed by atoms with van der Waals surface area (Å²) in [5.74, 6) is 1.17. The number of hydrogen-bond donors (Lipinski definition) is 2. The number of aliphatic hydroxyl groups is 2. The second-order valence-corrected chi connectivity index (χ2v) is 17.5. The molecule has 13 nitrogen and oxygen atoms in total. The Morgan fingerprint density at radius 3 is 2.48 bits per heavy atom. The Kier molecular flexibility index (Phi) is 14.8. The highest BCUT2D eigenvalue weighted by molar-refractivity contribution is 6.03. The van der Waals surface area contributed by atoms with Crippen molar-refractivity contribution in [2.75, 3.05) is 39.8 Å². The molecule has 7 unspecified atom stereocenters. The van der Waals surface area contributed by atoms with Gasteiger partial charge in [-0.25, -0.2) is 4.79 Å². The second-order valence-electron chi connectivity index (χ2n) is 17.5. The van der Waals surface area contributed by atoms with Gasteiger partial charge in [-0.05, 0) is 136 Å². The Morgan fingerprint density at radius 2 is 1.72 bits per heavy atom. The predicted molar refractivity (Wildman–Crippen MR) is 241 cm³/mol. The zero-order valence-corrected chi connectivity index (χ0v) is 37.5. The number of ether oxygens (including phenoxy) is 7. The molecule has 3 aromatic rings. The average Bonchev–Trinajstić information content (AvgIpc) is 3.78. The van der Waals surface area contributed by atoms with Crippen LogP contribution in [-0.4, -0.2) is 84.9 Å². The van der Waals surface area contributed by atoms with Crippen molar-refractivity contribution in [2.45, 2.75) is 116 Å². The number of allylic oxidation sites excluding steroid dienone is 1. The predicted octanol–water partition coefficient (Wildman–Crippen LogP) is 9.64. The lowest BCUT2D eigenvalue weighted by atomic mass is 9.55. The first-order chi connectivity index (χ1) is 31.3. The second kappa shape index (κ2) is 20.8. The minimum atomic E-state index is -1.47. The quantitative estimate of drug-likeness (QED) is 0.0674. The highest BCUT2D eigenvalue weighted by atomic mass is 16.8. The number of oxime groups is 1. The lowest BCUT2D eigenvalue weighted by Crippen LogP contribution is -2.70. The molecular weight excluding hydrogens is 817 g/mol. The Balaban J connectivity index is 1.33. The van der Waals surface area contributed by atoms with E-state index >= 15 is 0 Å². The highest BCUT2D eigenvalue weighted by Crippen LogP contribution is 2.62. The van der Waals surface area contributed by atoms with Crippen molar-refractivity contribution < 1.29 is 53.0 Å². The number of carbonyl (C=O) groups excluding carboxylic acids is 1. The summed E-state index contributed by atoms with van der Waals surface area (Å²) in [6, 6.07) is 17.0. The van der Waals surface area contributed by atoms with Gasteiger partial charge in [0.25, 0.3) is 0 Å². The maximum Gasteiger partial charge on any atom is 0.410 e. The summed E-state index contributed by atoms with van der Waals surface area (Å²) in [6.07, 6.45) is 10.5. The van der Waals surface area contributed by atoms with Crippen LogP contribution in [0, 0.1) is 31.6 Å². The van der Waals surface area contributed by atoms with Crippen molar-refractivity contribution in [1.82, 2.24) is 4.90 Å². The molecule has 2 N–H and O–H groups in total. The average molecular weight is 881 g/mol. The van der Waals surface area contributed by atoms with Crippen LogP contribution in [-0.2, 0) is 25.6 Å². The normalized spacial score (nSPS) is 26.0. The van der Waals surface area contributed by atoms with E-state index in [1.165, 1.54) is 5.56 Å². The molecule has 2 aliphatic carbocycles. The summed E-state index contributed by atoms with van der Waals surface area (Å²) in [6.45, 7) is 11.3. The van der Waals surface area contributed by atoms with Gasteiger partial charge in [0.05, 0.1) is 31.5 Å². The van der Waals surface area contributed by atoms with E-state index in [0.717, 1.165) is 66.5 Å². The molecule has 0 spiro atoms. The number of aliphatic hydroxyl groups excluding tert-OH is 2. The Bertz CT molecular complexity index is 2170. The molecule has 1 amide bonds. The van der Waals surface area contributed by atoms with Gasteiger partial charge < -0.3 is 48.2 Å². The van der Waals surface area contributed by atoms with Crippen molar-refractivity contribution in [2.24, 2.45) is 22.9 Å². The van der Waals surface area contributed by atoms with Gasteiger partial charge in [-0.3, -0.25) is 4.90 Å². The van der Waals surface area contributed by atoms with Gasteiger partial charge >= 0.3 is 6.09 Å². The summed E-state index contributed by atoms with van der Waals surface area (Å²) in [4.78, 5) is 22.6. The summed E-state index contributed by atoms with van der Waals surface area (Å²) >= 11 is 0. The molecule has 0 radical (unpaired) electrons. The summed E-state index contributed by atoms with van der Waals surface area (Å²) < 4.78 is 44.5. The third kappa shape index (κ3) is 9.63. The van der Waals surface area contributed by atoms with E-state index in [0.29, 0.717) is 54.6 Å². The van der Waals surface area contributed by atoms with E-state index < -0.39 is 30.1 Å². The maximum atomic E-state index is 14.6. The molecule has 5 aliphatic rings. The molecule has 3 aromatic carbocycles. The summed E-state index contributed by atoms with van der Waals surface area (Å²) in [7, 11) is 0. The van der Waals surface area contributed by atoms with Crippen molar-refractivity contribution in [1.29, 1.82) is 0 Å². The molecule has 3 aliphatic heterocycles. The van der Waals surface area contributed by atoms with Gasteiger partial charge in [0.1, 0.15) is 23.3 Å². The zero-order valence-electron chi connectivity index (χ0n) is 37.5. The Morgan fingerprint density at radius 1 is 0.938 bits per heavy atom. The van der Waals surface area contributed by atoms with Gasteiger partial charge in [0.15, 0.2) is 11.5 Å². The SMILES string of the molecule is C=CCOC12Oc3ccc(Oc4ccc(C)c(C)c4)cc3C3C(CCCCO)C(CCCCO)C=C(C(=NOC4CCCCO4)CC1N(Cc1ccc4c(c1)OCO4)C(=O)OCC)C32. The molecule has 0 bridgehead atoms. The first-order valence-corrected chi connectivity index (χ1v) is 23.2. The zero-order chi connectivity index (χ0) is 44.6. The van der Waals surface area contributed by atoms with Crippen LogP contribution >= 0.6 is 0 Å². The number of rotatable bonds is 19. The van der Waals surface area contributed by atoms with Crippen LogP contribution in [0.2, 0.25) is 0 Å². The monoisotopic (exact) mass is 880 g/mol. The van der Waals surface area contributed by atoms with Crippen LogP contribution in [0.5, 0.6) is 28.7 Å². The van der Waals surface area contributed by atoms with Gasteiger partial charge in [-0.2, -0.15) is 0 Å². The first-order valence-electron chi connectivity index (χ1n) is 23.2. The van der Waals surface area contributed by atoms with Crippen LogP contribution in [0.15, 0.2) is 84.1 Å². The lowest BCUT2D eigenvalue weighted by Gasteiger charge is -2.59. The van der Waals surface area contributed by atoms with E-state index in [9.17, 15) is 15.0 Å². The van der Waals surface area contributed by atoms with Gasteiger partial charge in [-0.15, -0.1) is 6.58 Å². The number of fused-ring (bicyclic) bond motifs is 3. The molecule has 3 heterocycles. The van der Waals surface area contributed by atoms with Crippen LogP contribution in [0.1, 0.15) is 99.3 Å². The fraction of sp³-hybridized carbons (Fsp3) is 0.529. The van der Waals surface area contributed by atoms with E-state index in [4.69, 9.17) is 43.2 Å². The fourth-order valence-electron chi connectivity index (χ4n) is 10.3. The van der Waals surface area contributed by atoms with Crippen LogP contribution < -0.4 is 18.9 Å². The molecular formula is C51H64N2O11. The molecule has 64 heavy (non-hydrogen) atoms. The van der Waals surface area contributed by atoms with Crippen molar-refractivity contribution in [3.8, 4) is 28.7 Å². The number of unbranched alkanes of at least 4 members (excludes halogenated alkanes) is 2. The minimum Gasteiger partial charge on any atom is -0.459 e. The third-order valence-corrected chi connectivity index (χ3v) is 13.4. The molecule has 344 valence electrons. The molecule has 2 fully saturated rings. The topological polar surface area (TPSA) is 147 Å². The van der Waals surface area contributed by atoms with Crippen LogP contribution in [0.25, 0.3) is 0 Å². The van der Waals surface area contributed by atoms with Crippen molar-refractivity contribution in [3.05, 3.63) is 101 Å². The number of benzene rings is 3. The maximum absolute atomic E-state index is 14.6. The molecule has 8 rings (SSSR count). The fourth-order valence-corrected chi connectivity index (χ4v) is 10.3. The number of amides is 1. The van der Waals surface area contributed by atoms with Gasteiger partial charge in [0.2, 0.25) is 18.9 Å². The summed E-state index contributed by atoms with van der Waals surface area (Å²) in [5, 5.41) is 25.0. The standard InChI is InChI=1S/C51H64N2O11/c1-5-24-61-51-46(53(50(56)57-6-2)31-35-17-20-44-45(27-35)60-32-59-44)30-42(52-64-47-15-9-12-25-58-47)40-28-36(13-7-10-22-54)39(14-8-11-23-55)48(49(40)51)41-29-38(19-21-43(41)63-51)62-37-18-16-33(3)34(4)26-37/h5,16-21,26-29,36,39,46-49,54-55H,1,6-15,22-25,30-32H2,2-4H3. The number of hydrogen-bond acceptors (Lipinski definition) is 12. The van der Waals surface area contributed by atoms with E-state index in [-0.39, 0.29) is 63.9 Å². The smallest absolute Gasteiger partial charge is 0.410 e. The van der Waals surface area contributed by atoms with E-state index in [1.54, 1.807) is 17.9 Å². The van der Waals surface area contributed by atoms with E-state index in [2.05, 4.69) is 38.6 Å². The van der Waals surface area contributed by atoms with Crippen molar-refractivity contribution >= 4 is 11.8 Å². The number of carbonyl (C=O) groups is 1. The first kappa shape index (κ1) is 45.5. The molecule has 13 heteroatoms. The number of nitrogens with zero attached hydrogens (tertiary/aromatic N) is 2. The Hall–Kier alpha value is -5.08. The summed E-state index contributed by atoms with van der Waals surface area (Å²) in [5.41, 5.74) is 5.70. The molecule has 7 atom stereocenters. The molecule has 0 aromatic heterocycles. The lowest BCUT2D eigenvalue weighted by molar-refractivity contribution is -0.256. The largest absolute Gasteiger partial charge is 0.459 e. The molecule has 1 saturated heterocycles. The van der Waals surface area contributed by atoms with Gasteiger partial charge in [-0.1, -0.05) is 42.3 Å². The highest BCUT2D eigenvalue weighted by Gasteiger charge is 2.66. The number of aryl methyl sites for hydroxylation is 2. The molecule has 1 saturated carbocycles. The Labute approximate surface area is 376 Å². The van der Waals surface area contributed by atoms with Crippen molar-refractivity contribution in [3.63, 3.8) is 0 Å². The third-order valence-electron chi connectivity index (χ3n) is 13.4. The van der Waals surface area contributed by atoms with Gasteiger partial charge in [0, 0.05) is 44.1 Å². The van der Waals surface area contributed by atoms with Crippen LogP contribution in [0.3, 0.4) is 0 Å².